The minimum absolute atomic E-state index is 0.568. The van der Waals surface area contributed by atoms with E-state index in [1.165, 1.54) is 23.1 Å². The second-order valence-corrected chi connectivity index (χ2v) is 6.90. The number of rotatable bonds is 3. The molecule has 0 N–H and O–H groups in total. The molecular weight excluding hydrogens is 292 g/mol. The summed E-state index contributed by atoms with van der Waals surface area (Å²) in [6, 6.07) is 0. The number of thioether (sulfide) groups is 1. The molecule has 1 fully saturated rings. The summed E-state index contributed by atoms with van der Waals surface area (Å²) >= 11 is 3.36. The Labute approximate surface area is 123 Å². The summed E-state index contributed by atoms with van der Waals surface area (Å²) in [5.41, 5.74) is 3.09. The van der Waals surface area contributed by atoms with E-state index in [0.29, 0.717) is 17.6 Å². The Morgan fingerprint density at radius 1 is 1.35 bits per heavy atom. The van der Waals surface area contributed by atoms with Crippen LogP contribution in [0.3, 0.4) is 0 Å². The Morgan fingerprint density at radius 2 is 2.20 bits per heavy atom. The third kappa shape index (κ3) is 1.92. The monoisotopic (exact) mass is 304 g/mol. The minimum atomic E-state index is 0.568. The molecule has 0 atom stereocenters. The lowest BCUT2D eigenvalue weighted by atomic mass is 10.1. The summed E-state index contributed by atoms with van der Waals surface area (Å²) in [5.74, 6) is 1.80. The molecule has 0 aromatic carbocycles. The quantitative estimate of drug-likeness (QED) is 0.688. The molecule has 0 aliphatic heterocycles. The zero-order valence-electron chi connectivity index (χ0n) is 11.1. The number of pyridine rings is 1. The van der Waals surface area contributed by atoms with E-state index in [9.17, 15) is 0 Å². The van der Waals surface area contributed by atoms with Crippen molar-refractivity contribution in [2.45, 2.75) is 30.0 Å². The summed E-state index contributed by atoms with van der Waals surface area (Å²) in [5, 5.41) is 3.89. The third-order valence-electron chi connectivity index (χ3n) is 3.36. The Kier molecular flexibility index (Phi) is 2.78. The van der Waals surface area contributed by atoms with Crippen LogP contribution in [0.25, 0.3) is 21.8 Å². The van der Waals surface area contributed by atoms with E-state index < -0.39 is 0 Å². The van der Waals surface area contributed by atoms with Crippen molar-refractivity contribution in [1.29, 1.82) is 0 Å². The largest absolute Gasteiger partial charge is 0.334 e. The fraction of sp³-hybridized carbons (Fsp3) is 0.385. The van der Waals surface area contributed by atoms with E-state index in [2.05, 4.69) is 20.1 Å². The summed E-state index contributed by atoms with van der Waals surface area (Å²) < 4.78 is 7.55. The molecule has 7 heteroatoms. The second-order valence-electron chi connectivity index (χ2n) is 4.84. The van der Waals surface area contributed by atoms with Crippen LogP contribution in [0.5, 0.6) is 0 Å². The molecule has 102 valence electrons. The predicted molar refractivity (Wildman–Crippen MR) is 79.2 cm³/mol. The van der Waals surface area contributed by atoms with Gasteiger partial charge < -0.3 is 4.52 Å². The molecule has 4 rings (SSSR count). The van der Waals surface area contributed by atoms with Gasteiger partial charge in [-0.25, -0.2) is 9.97 Å². The minimum Gasteiger partial charge on any atom is -0.334 e. The molecular formula is C13H12N4OS2. The van der Waals surface area contributed by atoms with E-state index in [1.54, 1.807) is 23.1 Å². The first-order chi connectivity index (χ1) is 9.76. The van der Waals surface area contributed by atoms with Crippen molar-refractivity contribution in [2.75, 3.05) is 6.26 Å². The van der Waals surface area contributed by atoms with Crippen molar-refractivity contribution in [2.24, 2.45) is 0 Å². The summed E-state index contributed by atoms with van der Waals surface area (Å²) in [6.45, 7) is 1.83. The Hall–Kier alpha value is -1.47. The van der Waals surface area contributed by atoms with Gasteiger partial charge in [-0.1, -0.05) is 16.9 Å². The van der Waals surface area contributed by atoms with Crippen LogP contribution in [0.2, 0.25) is 0 Å². The molecule has 0 unspecified atom stereocenters. The first kappa shape index (κ1) is 12.3. The van der Waals surface area contributed by atoms with Crippen LogP contribution in [-0.2, 0) is 0 Å². The highest BCUT2D eigenvalue weighted by molar-refractivity contribution is 8.00. The van der Waals surface area contributed by atoms with E-state index in [0.717, 1.165) is 15.6 Å². The number of aryl methyl sites for hydroxylation is 1. The Bertz CT molecular complexity index is 791. The standard InChI is InChI=1S/C13H12N4OS2/c1-6-15-12(18-17-6)8-5-14-11-10(9(8)7-3-4-7)20-13(16-11)19-2/h5,7H,3-4H2,1-2H3. The number of hydrogen-bond acceptors (Lipinski definition) is 7. The molecule has 0 bridgehead atoms. The van der Waals surface area contributed by atoms with E-state index >= 15 is 0 Å². The van der Waals surface area contributed by atoms with Crippen LogP contribution >= 0.6 is 23.1 Å². The van der Waals surface area contributed by atoms with Crippen molar-refractivity contribution >= 4 is 33.4 Å². The maximum absolute atomic E-state index is 5.33. The number of thiazole rings is 1. The van der Waals surface area contributed by atoms with E-state index in [1.807, 2.05) is 19.4 Å². The molecule has 0 radical (unpaired) electrons. The number of aromatic nitrogens is 4. The van der Waals surface area contributed by atoms with Crippen molar-refractivity contribution in [3.8, 4) is 11.5 Å². The van der Waals surface area contributed by atoms with Gasteiger partial charge in [0.25, 0.3) is 5.89 Å². The molecule has 0 saturated heterocycles. The van der Waals surface area contributed by atoms with Crippen molar-refractivity contribution < 1.29 is 4.52 Å². The van der Waals surface area contributed by atoms with E-state index in [4.69, 9.17) is 4.52 Å². The van der Waals surface area contributed by atoms with Gasteiger partial charge in [0.2, 0.25) is 0 Å². The first-order valence-corrected chi connectivity index (χ1v) is 8.44. The summed E-state index contributed by atoms with van der Waals surface area (Å²) in [4.78, 5) is 13.4. The van der Waals surface area contributed by atoms with Gasteiger partial charge in [-0.05, 0) is 37.5 Å². The maximum Gasteiger partial charge on any atom is 0.259 e. The normalized spacial score (nSPS) is 15.1. The zero-order valence-corrected chi connectivity index (χ0v) is 12.7. The topological polar surface area (TPSA) is 64.7 Å². The molecule has 20 heavy (non-hydrogen) atoms. The fourth-order valence-electron chi connectivity index (χ4n) is 2.32. The van der Waals surface area contributed by atoms with Gasteiger partial charge in [0.05, 0.1) is 10.3 Å². The molecule has 1 saturated carbocycles. The molecule has 1 aliphatic carbocycles. The molecule has 3 aromatic heterocycles. The summed E-state index contributed by atoms with van der Waals surface area (Å²) in [6.07, 6.45) is 6.29. The third-order valence-corrected chi connectivity index (χ3v) is 5.42. The number of nitrogens with zero attached hydrogens (tertiary/aromatic N) is 4. The van der Waals surface area contributed by atoms with Gasteiger partial charge >= 0.3 is 0 Å². The Balaban J connectivity index is 1.98. The lowest BCUT2D eigenvalue weighted by molar-refractivity contribution is 0.425. The van der Waals surface area contributed by atoms with Gasteiger partial charge in [0.1, 0.15) is 0 Å². The fourth-order valence-corrected chi connectivity index (χ4v) is 3.96. The molecule has 3 aromatic rings. The van der Waals surface area contributed by atoms with Crippen LogP contribution in [0, 0.1) is 6.92 Å². The highest BCUT2D eigenvalue weighted by Gasteiger charge is 2.31. The van der Waals surface area contributed by atoms with Crippen molar-refractivity contribution in [3.63, 3.8) is 0 Å². The van der Waals surface area contributed by atoms with Gasteiger partial charge in [-0.3, -0.25) is 0 Å². The van der Waals surface area contributed by atoms with Crippen LogP contribution in [0.15, 0.2) is 15.1 Å². The molecule has 0 amide bonds. The molecule has 5 nitrogen and oxygen atoms in total. The van der Waals surface area contributed by atoms with Crippen LogP contribution in [0.1, 0.15) is 30.1 Å². The highest BCUT2D eigenvalue weighted by atomic mass is 32.2. The van der Waals surface area contributed by atoms with Crippen LogP contribution < -0.4 is 0 Å². The first-order valence-electron chi connectivity index (χ1n) is 6.40. The zero-order chi connectivity index (χ0) is 13.7. The number of hydrogen-bond donors (Lipinski definition) is 0. The maximum atomic E-state index is 5.33. The molecule has 0 spiro atoms. The molecule has 1 aliphatic rings. The van der Waals surface area contributed by atoms with Crippen LogP contribution in [0.4, 0.5) is 0 Å². The SMILES string of the molecule is CSc1nc2ncc(-c3nc(C)no3)c(C3CC3)c2s1. The van der Waals surface area contributed by atoms with E-state index in [-0.39, 0.29) is 0 Å². The lowest BCUT2D eigenvalue weighted by Gasteiger charge is -2.04. The Morgan fingerprint density at radius 3 is 2.85 bits per heavy atom. The van der Waals surface area contributed by atoms with Gasteiger partial charge in [0, 0.05) is 6.20 Å². The molecule has 3 heterocycles. The summed E-state index contributed by atoms with van der Waals surface area (Å²) in [7, 11) is 0. The van der Waals surface area contributed by atoms with Gasteiger partial charge in [-0.2, -0.15) is 4.98 Å². The predicted octanol–water partition coefficient (Wildman–Crippen LogP) is 3.65. The highest BCUT2D eigenvalue weighted by Crippen LogP contribution is 2.48. The van der Waals surface area contributed by atoms with Crippen molar-refractivity contribution in [1.82, 2.24) is 20.1 Å². The average Bonchev–Trinajstić information content (AvgIpc) is 3.05. The number of fused-ring (bicyclic) bond motifs is 1. The van der Waals surface area contributed by atoms with Crippen molar-refractivity contribution in [3.05, 3.63) is 17.6 Å². The smallest absolute Gasteiger partial charge is 0.259 e. The second kappa shape index (κ2) is 4.53. The van der Waals surface area contributed by atoms with Crippen LogP contribution in [-0.4, -0.2) is 26.4 Å². The van der Waals surface area contributed by atoms with Gasteiger partial charge in [0.15, 0.2) is 15.8 Å². The average molecular weight is 304 g/mol. The lowest BCUT2D eigenvalue weighted by Crippen LogP contribution is -1.91. The van der Waals surface area contributed by atoms with Gasteiger partial charge in [-0.15, -0.1) is 11.3 Å².